The van der Waals surface area contributed by atoms with Crippen molar-refractivity contribution >= 4 is 15.8 Å². The van der Waals surface area contributed by atoms with Gasteiger partial charge in [-0.3, -0.25) is 4.68 Å². The molecular weight excluding hydrogens is 385 g/mol. The minimum absolute atomic E-state index is 0.0392. The molecule has 0 saturated carbocycles. The fourth-order valence-electron chi connectivity index (χ4n) is 2.48. The molecule has 2 rings (SSSR count). The first-order valence-electron chi connectivity index (χ1n) is 8.86. The second-order valence-corrected chi connectivity index (χ2v) is 8.63. The van der Waals surface area contributed by atoms with E-state index in [0.29, 0.717) is 18.1 Å². The Labute approximate surface area is 164 Å². The number of rotatable bonds is 8. The zero-order valence-corrected chi connectivity index (χ0v) is 17.0. The van der Waals surface area contributed by atoms with Crippen LogP contribution >= 0.6 is 0 Å². The standard InChI is InChI=1S/C18H26FN5O3S/c1-4-20-17(22-13-18(2,25)14-11-23-24(3)12-14)21-9-10-28(26,27)16-8-6-5-7-15(16)19/h5-8,11-12,25H,4,9-10,13H2,1-3H3,(H2,20,21,22). The molecule has 3 N–H and O–H groups in total. The fourth-order valence-corrected chi connectivity index (χ4v) is 3.72. The third-order valence-corrected chi connectivity index (χ3v) is 5.79. The van der Waals surface area contributed by atoms with Crippen molar-refractivity contribution < 1.29 is 17.9 Å². The number of guanidine groups is 1. The molecule has 1 heterocycles. The summed E-state index contributed by atoms with van der Waals surface area (Å²) in [4.78, 5) is 4.00. The molecule has 0 amide bonds. The predicted octanol–water partition coefficient (Wildman–Crippen LogP) is 0.796. The molecule has 0 spiro atoms. The Morgan fingerprint density at radius 2 is 2.07 bits per heavy atom. The van der Waals surface area contributed by atoms with E-state index in [1.54, 1.807) is 31.0 Å². The lowest BCUT2D eigenvalue weighted by Gasteiger charge is -2.20. The summed E-state index contributed by atoms with van der Waals surface area (Å²) in [7, 11) is -2.01. The number of nitrogens with zero attached hydrogens (tertiary/aromatic N) is 3. The maximum Gasteiger partial charge on any atom is 0.191 e. The molecule has 10 heteroatoms. The molecule has 0 radical (unpaired) electrons. The van der Waals surface area contributed by atoms with Crippen molar-refractivity contribution in [1.29, 1.82) is 0 Å². The molecule has 154 valence electrons. The van der Waals surface area contributed by atoms with Gasteiger partial charge in [-0.2, -0.15) is 5.10 Å². The Kier molecular flexibility index (Phi) is 7.14. The van der Waals surface area contributed by atoms with Crippen molar-refractivity contribution in [2.45, 2.75) is 24.3 Å². The predicted molar refractivity (Wildman–Crippen MR) is 105 cm³/mol. The summed E-state index contributed by atoms with van der Waals surface area (Å²) in [6, 6.07) is 5.29. The second kappa shape index (κ2) is 9.16. The van der Waals surface area contributed by atoms with Crippen molar-refractivity contribution in [1.82, 2.24) is 20.4 Å². The van der Waals surface area contributed by atoms with Crippen molar-refractivity contribution in [2.24, 2.45) is 12.0 Å². The Morgan fingerprint density at radius 1 is 1.36 bits per heavy atom. The molecule has 1 aromatic carbocycles. The average Bonchev–Trinajstić information content (AvgIpc) is 3.07. The SMILES string of the molecule is CCNC(=NCC(C)(O)c1cnn(C)c1)NCCS(=O)(=O)c1ccccc1F. The van der Waals surface area contributed by atoms with Crippen LogP contribution < -0.4 is 10.6 Å². The number of hydrogen-bond acceptors (Lipinski definition) is 5. The first-order valence-corrected chi connectivity index (χ1v) is 10.5. The van der Waals surface area contributed by atoms with Gasteiger partial charge in [-0.1, -0.05) is 12.1 Å². The molecule has 1 atom stereocenters. The van der Waals surface area contributed by atoms with Crippen LogP contribution in [0, 0.1) is 5.82 Å². The van der Waals surface area contributed by atoms with Crippen molar-refractivity contribution in [3.63, 3.8) is 0 Å². The average molecular weight is 412 g/mol. The van der Waals surface area contributed by atoms with Crippen molar-refractivity contribution in [2.75, 3.05) is 25.4 Å². The molecule has 0 saturated heterocycles. The monoisotopic (exact) mass is 411 g/mol. The van der Waals surface area contributed by atoms with Gasteiger partial charge in [-0.05, 0) is 26.0 Å². The summed E-state index contributed by atoms with van der Waals surface area (Å²) in [5.74, 6) is -0.705. The highest BCUT2D eigenvalue weighted by Crippen LogP contribution is 2.20. The second-order valence-electron chi connectivity index (χ2n) is 6.55. The van der Waals surface area contributed by atoms with Crippen LogP contribution in [0.2, 0.25) is 0 Å². The Hall–Kier alpha value is -2.46. The van der Waals surface area contributed by atoms with Gasteiger partial charge in [0.2, 0.25) is 0 Å². The van der Waals surface area contributed by atoms with Crippen molar-refractivity contribution in [3.8, 4) is 0 Å². The van der Waals surface area contributed by atoms with E-state index in [-0.39, 0.29) is 23.7 Å². The largest absolute Gasteiger partial charge is 0.383 e. The number of aliphatic hydroxyl groups is 1. The quantitative estimate of drug-likeness (QED) is 0.438. The Balaban J connectivity index is 2.01. The minimum atomic E-state index is -3.77. The molecule has 0 fully saturated rings. The topological polar surface area (TPSA) is 109 Å². The van der Waals surface area contributed by atoms with E-state index in [9.17, 15) is 17.9 Å². The van der Waals surface area contributed by atoms with Gasteiger partial charge in [-0.25, -0.2) is 17.8 Å². The highest BCUT2D eigenvalue weighted by Gasteiger charge is 2.25. The van der Waals surface area contributed by atoms with Crippen molar-refractivity contribution in [3.05, 3.63) is 48.0 Å². The summed E-state index contributed by atoms with van der Waals surface area (Å²) in [6.45, 7) is 4.14. The van der Waals surface area contributed by atoms with Crippen LogP contribution in [0.25, 0.3) is 0 Å². The van der Waals surface area contributed by atoms with Gasteiger partial charge in [0.1, 0.15) is 16.3 Å². The van der Waals surface area contributed by atoms with E-state index in [4.69, 9.17) is 0 Å². The van der Waals surface area contributed by atoms with E-state index in [1.807, 2.05) is 6.92 Å². The van der Waals surface area contributed by atoms with E-state index in [0.717, 1.165) is 6.07 Å². The maximum absolute atomic E-state index is 13.7. The van der Waals surface area contributed by atoms with Crippen LogP contribution in [0.15, 0.2) is 46.5 Å². The smallest absolute Gasteiger partial charge is 0.191 e. The van der Waals surface area contributed by atoms with Crippen LogP contribution in [-0.4, -0.2) is 54.7 Å². The lowest BCUT2D eigenvalue weighted by Crippen LogP contribution is -2.40. The summed E-state index contributed by atoms with van der Waals surface area (Å²) in [5, 5.41) is 20.5. The lowest BCUT2D eigenvalue weighted by molar-refractivity contribution is 0.0672. The van der Waals surface area contributed by atoms with Gasteiger partial charge in [0.15, 0.2) is 15.8 Å². The van der Waals surface area contributed by atoms with Crippen LogP contribution in [-0.2, 0) is 22.5 Å². The number of benzene rings is 1. The molecule has 1 aromatic heterocycles. The molecule has 0 aliphatic rings. The van der Waals surface area contributed by atoms with Gasteiger partial charge >= 0.3 is 0 Å². The van der Waals surface area contributed by atoms with Crippen LogP contribution in [0.1, 0.15) is 19.4 Å². The molecule has 8 nitrogen and oxygen atoms in total. The minimum Gasteiger partial charge on any atom is -0.383 e. The van der Waals surface area contributed by atoms with E-state index in [2.05, 4.69) is 20.7 Å². The Bertz CT molecular complexity index is 925. The molecule has 28 heavy (non-hydrogen) atoms. The van der Waals surface area contributed by atoms with Gasteiger partial charge in [0.05, 0.1) is 18.5 Å². The number of aromatic nitrogens is 2. The van der Waals surface area contributed by atoms with Crippen LogP contribution in [0.4, 0.5) is 4.39 Å². The number of aliphatic imine (C=N–C) groups is 1. The number of hydrogen-bond donors (Lipinski definition) is 3. The third-order valence-electron chi connectivity index (χ3n) is 4.05. The Morgan fingerprint density at radius 3 is 2.68 bits per heavy atom. The number of sulfone groups is 1. The number of nitrogens with one attached hydrogen (secondary N) is 2. The van der Waals surface area contributed by atoms with E-state index in [1.165, 1.54) is 18.2 Å². The summed E-state index contributed by atoms with van der Waals surface area (Å²) in [6.07, 6.45) is 3.27. The lowest BCUT2D eigenvalue weighted by atomic mass is 10.0. The first kappa shape index (κ1) is 21.8. The highest BCUT2D eigenvalue weighted by molar-refractivity contribution is 7.91. The van der Waals surface area contributed by atoms with Crippen LogP contribution in [0.3, 0.4) is 0 Å². The zero-order valence-electron chi connectivity index (χ0n) is 16.2. The van der Waals surface area contributed by atoms with Gasteiger partial charge < -0.3 is 15.7 Å². The third kappa shape index (κ3) is 5.77. The molecule has 1 unspecified atom stereocenters. The normalized spacial score (nSPS) is 14.5. The summed E-state index contributed by atoms with van der Waals surface area (Å²) >= 11 is 0. The van der Waals surface area contributed by atoms with Gasteiger partial charge in [0, 0.05) is 31.9 Å². The molecular formula is C18H26FN5O3S. The molecule has 0 aliphatic carbocycles. The molecule has 0 bridgehead atoms. The number of halogens is 1. The highest BCUT2D eigenvalue weighted by atomic mass is 32.2. The van der Waals surface area contributed by atoms with E-state index < -0.39 is 21.3 Å². The van der Waals surface area contributed by atoms with Gasteiger partial charge in [-0.15, -0.1) is 0 Å². The number of aryl methyl sites for hydroxylation is 1. The van der Waals surface area contributed by atoms with E-state index >= 15 is 0 Å². The summed E-state index contributed by atoms with van der Waals surface area (Å²) < 4.78 is 39.9. The van der Waals surface area contributed by atoms with Crippen LogP contribution in [0.5, 0.6) is 0 Å². The first-order chi connectivity index (χ1) is 13.2. The molecule has 2 aromatic rings. The molecule has 0 aliphatic heterocycles. The van der Waals surface area contributed by atoms with Gasteiger partial charge in [0.25, 0.3) is 0 Å². The fraction of sp³-hybridized carbons (Fsp3) is 0.444. The zero-order chi connectivity index (χ0) is 20.8. The maximum atomic E-state index is 13.7. The summed E-state index contributed by atoms with van der Waals surface area (Å²) in [5.41, 5.74) is -0.604.